The molecule has 0 unspecified atom stereocenters. The fourth-order valence-electron chi connectivity index (χ4n) is 4.27. The van der Waals surface area contributed by atoms with Crippen LogP contribution in [0.25, 0.3) is 29.1 Å². The first-order valence-corrected chi connectivity index (χ1v) is 11.2. The number of methoxy groups -OCH3 is 1. The van der Waals surface area contributed by atoms with Gasteiger partial charge in [-0.25, -0.2) is 9.97 Å². The van der Waals surface area contributed by atoms with Gasteiger partial charge in [0.1, 0.15) is 12.3 Å². The third-order valence-electron chi connectivity index (χ3n) is 5.94. The van der Waals surface area contributed by atoms with Gasteiger partial charge in [-0.3, -0.25) is 0 Å². The lowest BCUT2D eigenvalue weighted by Gasteiger charge is -2.18. The number of para-hydroxylation sites is 1. The Morgan fingerprint density at radius 2 is 2.00 bits per heavy atom. The van der Waals surface area contributed by atoms with Crippen LogP contribution >= 0.6 is 0 Å². The molecule has 0 saturated heterocycles. The number of rotatable bonds is 6. The summed E-state index contributed by atoms with van der Waals surface area (Å²) >= 11 is 0. The van der Waals surface area contributed by atoms with Gasteiger partial charge < -0.3 is 14.7 Å². The second-order valence-electron chi connectivity index (χ2n) is 8.12. The molecule has 3 aromatic heterocycles. The molecule has 0 aliphatic heterocycles. The minimum Gasteiger partial charge on any atom is -0.493 e. The van der Waals surface area contributed by atoms with Crippen LogP contribution < -0.4 is 14.2 Å². The lowest BCUT2D eigenvalue weighted by Crippen LogP contribution is -2.32. The first-order chi connectivity index (χ1) is 16.7. The highest BCUT2D eigenvalue weighted by atomic mass is 16.5. The van der Waals surface area contributed by atoms with Gasteiger partial charge in [0.05, 0.1) is 18.8 Å². The van der Waals surface area contributed by atoms with Gasteiger partial charge >= 0.3 is 5.65 Å². The minimum absolute atomic E-state index is 0.184. The summed E-state index contributed by atoms with van der Waals surface area (Å²) in [6.45, 7) is 0. The van der Waals surface area contributed by atoms with Crippen molar-refractivity contribution >= 4 is 23.3 Å². The molecule has 1 aliphatic carbocycles. The van der Waals surface area contributed by atoms with E-state index in [0.29, 0.717) is 39.9 Å². The maximum atomic E-state index is 10.5. The predicted octanol–water partition coefficient (Wildman–Crippen LogP) is 4.32. The quantitative estimate of drug-likeness (QED) is 0.344. The Kier molecular flexibility index (Phi) is 5.83. The van der Waals surface area contributed by atoms with Crippen molar-refractivity contribution in [2.75, 3.05) is 7.11 Å². The van der Waals surface area contributed by atoms with E-state index in [9.17, 15) is 5.21 Å². The van der Waals surface area contributed by atoms with E-state index in [2.05, 4.69) is 11.1 Å². The Bertz CT molecular complexity index is 1400. The lowest BCUT2D eigenvalue weighted by molar-refractivity contribution is -0.886. The van der Waals surface area contributed by atoms with Gasteiger partial charge in [0.15, 0.2) is 17.0 Å². The summed E-state index contributed by atoms with van der Waals surface area (Å²) in [5.41, 5.74) is 2.39. The minimum atomic E-state index is 0.184. The van der Waals surface area contributed by atoms with Gasteiger partial charge in [-0.2, -0.15) is 9.83 Å². The van der Waals surface area contributed by atoms with E-state index in [0.717, 1.165) is 23.1 Å². The van der Waals surface area contributed by atoms with Crippen LogP contribution in [0, 0.1) is 11.3 Å². The Balaban J connectivity index is 1.60. The molecule has 1 aromatic carbocycles. The largest absolute Gasteiger partial charge is 0.493 e. The van der Waals surface area contributed by atoms with E-state index < -0.39 is 0 Å². The van der Waals surface area contributed by atoms with E-state index in [1.54, 1.807) is 29.9 Å². The van der Waals surface area contributed by atoms with Crippen molar-refractivity contribution in [3.63, 3.8) is 0 Å². The van der Waals surface area contributed by atoms with Gasteiger partial charge in [0.2, 0.25) is 11.6 Å². The Morgan fingerprint density at radius 1 is 1.15 bits per heavy atom. The molecule has 8 nitrogen and oxygen atoms in total. The first-order valence-electron chi connectivity index (χ1n) is 11.2. The summed E-state index contributed by atoms with van der Waals surface area (Å²) in [5, 5.41) is 19.6. The Morgan fingerprint density at radius 3 is 2.74 bits per heavy atom. The number of pyridine rings is 2. The summed E-state index contributed by atoms with van der Waals surface area (Å²) in [5.74, 6) is 2.49. The molecule has 170 valence electrons. The van der Waals surface area contributed by atoms with E-state index >= 15 is 0 Å². The molecule has 8 heteroatoms. The number of benzene rings is 1. The zero-order chi connectivity index (χ0) is 23.5. The number of imidazole rings is 1. The fourth-order valence-corrected chi connectivity index (χ4v) is 4.27. The molecule has 0 radical (unpaired) electrons. The predicted molar refractivity (Wildman–Crippen MR) is 126 cm³/mol. The molecule has 0 atom stereocenters. The zero-order valence-corrected chi connectivity index (χ0v) is 18.8. The normalized spacial score (nSPS) is 14.0. The van der Waals surface area contributed by atoms with Crippen LogP contribution in [0.5, 0.6) is 11.5 Å². The maximum Gasteiger partial charge on any atom is 0.354 e. The van der Waals surface area contributed by atoms with Crippen molar-refractivity contribution in [2.45, 2.75) is 31.8 Å². The van der Waals surface area contributed by atoms with Crippen LogP contribution in [0.15, 0.2) is 54.9 Å². The summed E-state index contributed by atoms with van der Waals surface area (Å²) in [7, 11) is 1.64. The van der Waals surface area contributed by atoms with E-state index in [1.165, 1.54) is 25.2 Å². The molecule has 4 aromatic rings. The molecule has 1 fully saturated rings. The van der Waals surface area contributed by atoms with Crippen molar-refractivity contribution in [2.24, 2.45) is 0 Å². The monoisotopic (exact) mass is 454 g/mol. The van der Waals surface area contributed by atoms with E-state index in [4.69, 9.17) is 19.7 Å². The molecule has 3 heterocycles. The molecule has 5 rings (SSSR count). The number of hydrogen-bond donors (Lipinski definition) is 1. The van der Waals surface area contributed by atoms with Crippen LogP contribution in [0.4, 0.5) is 0 Å². The molecule has 1 saturated carbocycles. The smallest absolute Gasteiger partial charge is 0.354 e. The number of nitriles is 1. The second-order valence-corrected chi connectivity index (χ2v) is 8.12. The highest BCUT2D eigenvalue weighted by Gasteiger charge is 2.24. The number of ether oxygens (including phenoxy) is 2. The Labute approximate surface area is 196 Å². The summed E-state index contributed by atoms with van der Waals surface area (Å²) < 4.78 is 14.7. The molecular formula is C26H24N5O3+. The van der Waals surface area contributed by atoms with Gasteiger partial charge in [0, 0.05) is 23.9 Å². The van der Waals surface area contributed by atoms with Crippen LogP contribution in [0.2, 0.25) is 0 Å². The van der Waals surface area contributed by atoms with Gasteiger partial charge in [-0.1, -0.05) is 12.1 Å². The van der Waals surface area contributed by atoms with Crippen molar-refractivity contribution in [1.82, 2.24) is 14.5 Å². The van der Waals surface area contributed by atoms with Crippen molar-refractivity contribution < 1.29 is 19.4 Å². The molecule has 1 N–H and O–H groups in total. The highest BCUT2D eigenvalue weighted by Crippen LogP contribution is 2.36. The fraction of sp³-hybridized carbons (Fsp3) is 0.231. The number of fused-ring (bicyclic) bond motifs is 1. The molecule has 0 bridgehead atoms. The Hall–Kier alpha value is -4.38. The van der Waals surface area contributed by atoms with Crippen LogP contribution in [0.1, 0.15) is 42.6 Å². The second kappa shape index (κ2) is 9.24. The molecule has 0 spiro atoms. The van der Waals surface area contributed by atoms with Crippen LogP contribution in [-0.2, 0) is 0 Å². The molecule has 0 amide bonds. The average Bonchev–Trinajstić information content (AvgIpc) is 3.51. The molecule has 34 heavy (non-hydrogen) atoms. The van der Waals surface area contributed by atoms with Gasteiger partial charge in [0.25, 0.3) is 0 Å². The standard InChI is InChI=1S/C26H24N5O3/c1-33-22-10-4-6-19(25(22)34-20-7-2-3-8-20)12-14-24-29-21-9-5-15-30(32)26(21)31(24)23-13-11-18(16-27)17-28-23/h4-6,9-15,17,20,32H,2-3,7-8H2,1H3/q+1. The summed E-state index contributed by atoms with van der Waals surface area (Å²) in [6, 6.07) is 14.8. The van der Waals surface area contributed by atoms with Gasteiger partial charge in [-0.15, -0.1) is 0 Å². The lowest BCUT2D eigenvalue weighted by atomic mass is 10.1. The maximum absolute atomic E-state index is 10.5. The van der Waals surface area contributed by atoms with Gasteiger partial charge in [-0.05, 0) is 60.8 Å². The molecule has 1 aliphatic rings. The summed E-state index contributed by atoms with van der Waals surface area (Å²) in [6.07, 6.45) is 11.4. The SMILES string of the molecule is COc1cccc(C=Cc2nc3ccc[n+](O)c3n2-c2ccc(C#N)cn2)c1OC1CCCC1. The average molecular weight is 455 g/mol. The van der Waals surface area contributed by atoms with Crippen molar-refractivity contribution in [3.8, 4) is 23.4 Å². The third kappa shape index (κ3) is 4.04. The summed E-state index contributed by atoms with van der Waals surface area (Å²) in [4.78, 5) is 9.11. The van der Waals surface area contributed by atoms with E-state index in [-0.39, 0.29) is 6.10 Å². The zero-order valence-electron chi connectivity index (χ0n) is 18.8. The van der Waals surface area contributed by atoms with E-state index in [1.807, 2.05) is 36.4 Å². The van der Waals surface area contributed by atoms with Crippen molar-refractivity contribution in [1.29, 1.82) is 5.26 Å². The number of aromatic nitrogens is 4. The van der Waals surface area contributed by atoms with Crippen LogP contribution in [-0.4, -0.2) is 33.0 Å². The number of nitrogens with zero attached hydrogens (tertiary/aromatic N) is 5. The highest BCUT2D eigenvalue weighted by molar-refractivity contribution is 5.78. The van der Waals surface area contributed by atoms with Crippen LogP contribution in [0.3, 0.4) is 0 Å². The van der Waals surface area contributed by atoms with Crippen molar-refractivity contribution in [3.05, 3.63) is 71.8 Å². The topological polar surface area (TPSA) is 97.1 Å². The third-order valence-corrected chi connectivity index (χ3v) is 5.94. The first kappa shape index (κ1) is 21.5. The molecular weight excluding hydrogens is 430 g/mol. The number of hydrogen-bond acceptors (Lipinski definition) is 6.